The lowest BCUT2D eigenvalue weighted by atomic mass is 9.92. The monoisotopic (exact) mass is 348 g/mol. The van der Waals surface area contributed by atoms with Gasteiger partial charge in [-0.3, -0.25) is 0 Å². The standard InChI is InChI=1S/C17H17BrO3/c1-19-15-9-11-7-8-21-17(13(11)10-16(15)20-2)12-5-3-4-6-14(12)18/h3-6,9-10,17H,7-8H2,1-2H3. The van der Waals surface area contributed by atoms with E-state index in [9.17, 15) is 0 Å². The van der Waals surface area contributed by atoms with E-state index in [1.54, 1.807) is 14.2 Å². The molecule has 3 nitrogen and oxygen atoms in total. The molecule has 1 heterocycles. The fourth-order valence-corrected chi connectivity index (χ4v) is 3.21. The molecule has 110 valence electrons. The Kier molecular flexibility index (Phi) is 4.17. The Labute approximate surface area is 133 Å². The lowest BCUT2D eigenvalue weighted by Crippen LogP contribution is -2.18. The highest BCUT2D eigenvalue weighted by molar-refractivity contribution is 9.10. The molecule has 1 aliphatic rings. The van der Waals surface area contributed by atoms with Crippen molar-refractivity contribution in [2.75, 3.05) is 20.8 Å². The zero-order valence-corrected chi connectivity index (χ0v) is 13.6. The molecular formula is C17H17BrO3. The molecule has 1 atom stereocenters. The lowest BCUT2D eigenvalue weighted by Gasteiger charge is -2.28. The second-order valence-corrected chi connectivity index (χ2v) is 5.78. The van der Waals surface area contributed by atoms with Crippen molar-refractivity contribution in [2.24, 2.45) is 0 Å². The van der Waals surface area contributed by atoms with Gasteiger partial charge in [0.15, 0.2) is 11.5 Å². The Morgan fingerprint density at radius 3 is 2.48 bits per heavy atom. The molecule has 0 bridgehead atoms. The van der Waals surface area contributed by atoms with Crippen LogP contribution in [0.2, 0.25) is 0 Å². The first-order chi connectivity index (χ1) is 10.2. The quantitative estimate of drug-likeness (QED) is 0.834. The van der Waals surface area contributed by atoms with Crippen molar-refractivity contribution in [3.63, 3.8) is 0 Å². The van der Waals surface area contributed by atoms with Crippen molar-refractivity contribution in [1.82, 2.24) is 0 Å². The van der Waals surface area contributed by atoms with Crippen LogP contribution in [0.15, 0.2) is 40.9 Å². The molecule has 0 saturated heterocycles. The second kappa shape index (κ2) is 6.08. The topological polar surface area (TPSA) is 27.7 Å². The van der Waals surface area contributed by atoms with Crippen LogP contribution in [0.25, 0.3) is 0 Å². The van der Waals surface area contributed by atoms with Crippen LogP contribution in [0.3, 0.4) is 0 Å². The molecule has 21 heavy (non-hydrogen) atoms. The molecule has 2 aromatic carbocycles. The van der Waals surface area contributed by atoms with Crippen molar-refractivity contribution in [3.8, 4) is 11.5 Å². The maximum atomic E-state index is 6.02. The van der Waals surface area contributed by atoms with Gasteiger partial charge in [-0.15, -0.1) is 0 Å². The molecule has 3 rings (SSSR count). The Morgan fingerprint density at radius 2 is 1.76 bits per heavy atom. The number of rotatable bonds is 3. The lowest BCUT2D eigenvalue weighted by molar-refractivity contribution is 0.0690. The predicted octanol–water partition coefficient (Wildman–Crippen LogP) is 4.13. The van der Waals surface area contributed by atoms with Gasteiger partial charge in [0.05, 0.1) is 20.8 Å². The highest BCUT2D eigenvalue weighted by atomic mass is 79.9. The first kappa shape index (κ1) is 14.4. The number of hydrogen-bond donors (Lipinski definition) is 0. The van der Waals surface area contributed by atoms with E-state index in [1.165, 1.54) is 5.56 Å². The molecule has 0 fully saturated rings. The molecule has 0 N–H and O–H groups in total. The second-order valence-electron chi connectivity index (χ2n) is 4.93. The van der Waals surface area contributed by atoms with Gasteiger partial charge < -0.3 is 14.2 Å². The van der Waals surface area contributed by atoms with Crippen molar-refractivity contribution in [3.05, 3.63) is 57.6 Å². The Hall–Kier alpha value is -1.52. The smallest absolute Gasteiger partial charge is 0.161 e. The Bertz CT molecular complexity index is 654. The molecule has 0 aromatic heterocycles. The average Bonchev–Trinajstić information content (AvgIpc) is 2.53. The molecule has 0 amide bonds. The predicted molar refractivity (Wildman–Crippen MR) is 85.2 cm³/mol. The van der Waals surface area contributed by atoms with Crippen molar-refractivity contribution < 1.29 is 14.2 Å². The van der Waals surface area contributed by atoms with E-state index in [1.807, 2.05) is 24.3 Å². The summed E-state index contributed by atoms with van der Waals surface area (Å²) < 4.78 is 17.9. The van der Waals surface area contributed by atoms with E-state index in [0.717, 1.165) is 33.5 Å². The minimum Gasteiger partial charge on any atom is -0.493 e. The zero-order valence-electron chi connectivity index (χ0n) is 12.1. The molecule has 2 aromatic rings. The number of benzene rings is 2. The maximum Gasteiger partial charge on any atom is 0.161 e. The van der Waals surface area contributed by atoms with E-state index in [2.05, 4.69) is 28.1 Å². The minimum atomic E-state index is -0.0795. The molecule has 4 heteroatoms. The van der Waals surface area contributed by atoms with Crippen LogP contribution in [-0.2, 0) is 11.2 Å². The summed E-state index contributed by atoms with van der Waals surface area (Å²) in [6, 6.07) is 12.2. The van der Waals surface area contributed by atoms with Gasteiger partial charge in [0.25, 0.3) is 0 Å². The number of ether oxygens (including phenoxy) is 3. The highest BCUT2D eigenvalue weighted by Gasteiger charge is 2.26. The van der Waals surface area contributed by atoms with Crippen LogP contribution >= 0.6 is 15.9 Å². The van der Waals surface area contributed by atoms with Gasteiger partial charge in [-0.25, -0.2) is 0 Å². The van der Waals surface area contributed by atoms with Crippen molar-refractivity contribution in [2.45, 2.75) is 12.5 Å². The summed E-state index contributed by atoms with van der Waals surface area (Å²) in [5, 5.41) is 0. The highest BCUT2D eigenvalue weighted by Crippen LogP contribution is 2.41. The van der Waals surface area contributed by atoms with E-state index in [4.69, 9.17) is 14.2 Å². The molecule has 0 saturated carbocycles. The van der Waals surface area contributed by atoms with Gasteiger partial charge in [-0.05, 0) is 41.3 Å². The Balaban J connectivity index is 2.11. The normalized spacial score (nSPS) is 17.2. The van der Waals surface area contributed by atoms with Crippen LogP contribution in [0, 0.1) is 0 Å². The summed E-state index contributed by atoms with van der Waals surface area (Å²) in [4.78, 5) is 0. The number of hydrogen-bond acceptors (Lipinski definition) is 3. The largest absolute Gasteiger partial charge is 0.493 e. The zero-order chi connectivity index (χ0) is 14.8. The molecule has 0 spiro atoms. The summed E-state index contributed by atoms with van der Waals surface area (Å²) in [6.07, 6.45) is 0.806. The number of methoxy groups -OCH3 is 2. The van der Waals surface area contributed by atoms with Gasteiger partial charge in [0.2, 0.25) is 0 Å². The maximum absolute atomic E-state index is 6.02. The molecule has 0 aliphatic carbocycles. The van der Waals surface area contributed by atoms with Crippen LogP contribution < -0.4 is 9.47 Å². The van der Waals surface area contributed by atoms with Gasteiger partial charge in [-0.2, -0.15) is 0 Å². The van der Waals surface area contributed by atoms with Gasteiger partial charge >= 0.3 is 0 Å². The minimum absolute atomic E-state index is 0.0795. The van der Waals surface area contributed by atoms with Crippen LogP contribution in [0.1, 0.15) is 22.8 Å². The van der Waals surface area contributed by atoms with Crippen molar-refractivity contribution >= 4 is 15.9 Å². The van der Waals surface area contributed by atoms with Gasteiger partial charge in [-0.1, -0.05) is 34.1 Å². The first-order valence-corrected chi connectivity index (χ1v) is 7.64. The van der Waals surface area contributed by atoms with Crippen molar-refractivity contribution in [1.29, 1.82) is 0 Å². The summed E-state index contributed by atoms with van der Waals surface area (Å²) >= 11 is 3.61. The molecule has 1 unspecified atom stereocenters. The molecule has 1 aliphatic heterocycles. The first-order valence-electron chi connectivity index (χ1n) is 6.85. The van der Waals surface area contributed by atoms with Gasteiger partial charge in [0, 0.05) is 4.47 Å². The number of halogens is 1. The average molecular weight is 349 g/mol. The van der Waals surface area contributed by atoms with Crippen LogP contribution in [-0.4, -0.2) is 20.8 Å². The van der Waals surface area contributed by atoms with Crippen LogP contribution in [0.4, 0.5) is 0 Å². The SMILES string of the molecule is COc1cc2c(cc1OC)C(c1ccccc1Br)OCC2. The van der Waals surface area contributed by atoms with Crippen LogP contribution in [0.5, 0.6) is 11.5 Å². The fraction of sp³-hybridized carbons (Fsp3) is 0.294. The number of fused-ring (bicyclic) bond motifs is 1. The third-order valence-corrected chi connectivity index (χ3v) is 4.49. The van der Waals surface area contributed by atoms with E-state index < -0.39 is 0 Å². The third-order valence-electron chi connectivity index (χ3n) is 3.77. The molecule has 0 radical (unpaired) electrons. The summed E-state index contributed by atoms with van der Waals surface area (Å²) in [5.41, 5.74) is 3.52. The third kappa shape index (κ3) is 2.65. The fourth-order valence-electron chi connectivity index (χ4n) is 2.72. The van der Waals surface area contributed by atoms with E-state index >= 15 is 0 Å². The Morgan fingerprint density at radius 1 is 1.05 bits per heavy atom. The van der Waals surface area contributed by atoms with Gasteiger partial charge in [0.1, 0.15) is 6.10 Å². The van der Waals surface area contributed by atoms with E-state index in [-0.39, 0.29) is 6.10 Å². The summed E-state index contributed by atoms with van der Waals surface area (Å²) in [7, 11) is 3.32. The summed E-state index contributed by atoms with van der Waals surface area (Å²) in [5.74, 6) is 1.50. The van der Waals surface area contributed by atoms with E-state index in [0.29, 0.717) is 6.61 Å². The molecular weight excluding hydrogens is 332 g/mol. The summed E-state index contributed by atoms with van der Waals surface area (Å²) in [6.45, 7) is 0.703.